The van der Waals surface area contributed by atoms with E-state index in [0.29, 0.717) is 5.41 Å². The first-order valence-corrected chi connectivity index (χ1v) is 4.77. The van der Waals surface area contributed by atoms with Gasteiger partial charge in [0.1, 0.15) is 0 Å². The molecule has 0 N–H and O–H groups in total. The normalized spacial score (nSPS) is 21.5. The number of likely N-dealkylation sites (N-methyl/N-ethyl adjacent to an activating group) is 1. The third-order valence-corrected chi connectivity index (χ3v) is 2.37. The van der Waals surface area contributed by atoms with Crippen molar-refractivity contribution in [3.8, 4) is 0 Å². The second-order valence-corrected chi connectivity index (χ2v) is 5.37. The van der Waals surface area contributed by atoms with Gasteiger partial charge < -0.3 is 4.90 Å². The summed E-state index contributed by atoms with van der Waals surface area (Å²) in [6.07, 6.45) is 0. The van der Waals surface area contributed by atoms with Crippen molar-refractivity contribution in [1.82, 2.24) is 9.80 Å². The monoisotopic (exact) mass is 170 g/mol. The molecule has 0 unspecified atom stereocenters. The molecule has 2 nitrogen and oxygen atoms in total. The van der Waals surface area contributed by atoms with E-state index in [0.717, 1.165) is 6.04 Å². The van der Waals surface area contributed by atoms with Crippen molar-refractivity contribution in [3.05, 3.63) is 0 Å². The number of hydrogen-bond donors (Lipinski definition) is 0. The summed E-state index contributed by atoms with van der Waals surface area (Å²) >= 11 is 0. The van der Waals surface area contributed by atoms with Crippen LogP contribution in [0.4, 0.5) is 0 Å². The molecule has 12 heavy (non-hydrogen) atoms. The smallest absolute Gasteiger partial charge is 0.0344 e. The highest BCUT2D eigenvalue weighted by Gasteiger charge is 2.30. The first kappa shape index (κ1) is 10.0. The van der Waals surface area contributed by atoms with Crippen LogP contribution in [0.1, 0.15) is 20.8 Å². The predicted octanol–water partition coefficient (Wildman–Crippen LogP) is 1.28. The number of nitrogens with zero attached hydrogens (tertiary/aromatic N) is 2. The van der Waals surface area contributed by atoms with Crippen molar-refractivity contribution < 1.29 is 0 Å². The van der Waals surface area contributed by atoms with Gasteiger partial charge in [-0.15, -0.1) is 0 Å². The van der Waals surface area contributed by atoms with Crippen molar-refractivity contribution in [2.75, 3.05) is 33.7 Å². The summed E-state index contributed by atoms with van der Waals surface area (Å²) in [5.74, 6) is 0. The molecule has 0 spiro atoms. The van der Waals surface area contributed by atoms with Gasteiger partial charge in [0, 0.05) is 25.7 Å². The maximum atomic E-state index is 2.53. The maximum Gasteiger partial charge on any atom is 0.0344 e. The first-order chi connectivity index (χ1) is 5.38. The SMILES string of the molecule is CN(C)C1CN(CC(C)(C)C)C1. The summed E-state index contributed by atoms with van der Waals surface area (Å²) in [4.78, 5) is 4.85. The Labute approximate surface area is 76.5 Å². The number of likely N-dealkylation sites (tertiary alicyclic amines) is 1. The third-order valence-electron chi connectivity index (χ3n) is 2.37. The van der Waals surface area contributed by atoms with Crippen LogP contribution in [0.3, 0.4) is 0 Å². The Balaban J connectivity index is 2.18. The van der Waals surface area contributed by atoms with E-state index >= 15 is 0 Å². The maximum absolute atomic E-state index is 2.53. The summed E-state index contributed by atoms with van der Waals surface area (Å²) in [6.45, 7) is 10.6. The van der Waals surface area contributed by atoms with E-state index in [-0.39, 0.29) is 0 Å². The van der Waals surface area contributed by atoms with E-state index in [1.165, 1.54) is 19.6 Å². The molecule has 1 saturated heterocycles. The molecule has 0 amide bonds. The molecule has 0 aromatic heterocycles. The van der Waals surface area contributed by atoms with E-state index in [9.17, 15) is 0 Å². The highest BCUT2D eigenvalue weighted by atomic mass is 15.3. The molecule has 0 aromatic carbocycles. The van der Waals surface area contributed by atoms with Crippen LogP contribution in [0.15, 0.2) is 0 Å². The van der Waals surface area contributed by atoms with Gasteiger partial charge in [-0.1, -0.05) is 20.8 Å². The zero-order chi connectivity index (χ0) is 9.35. The van der Waals surface area contributed by atoms with Gasteiger partial charge >= 0.3 is 0 Å². The Hall–Kier alpha value is -0.0800. The molecule has 0 saturated carbocycles. The van der Waals surface area contributed by atoms with Crippen LogP contribution in [-0.2, 0) is 0 Å². The van der Waals surface area contributed by atoms with Gasteiger partial charge in [-0.25, -0.2) is 0 Å². The molecule has 0 bridgehead atoms. The average Bonchev–Trinajstić information content (AvgIpc) is 1.74. The van der Waals surface area contributed by atoms with E-state index in [1.807, 2.05) is 0 Å². The molecule has 0 aromatic rings. The first-order valence-electron chi connectivity index (χ1n) is 4.77. The highest BCUT2D eigenvalue weighted by Crippen LogP contribution is 2.20. The Morgan fingerprint density at radius 2 is 1.75 bits per heavy atom. The van der Waals surface area contributed by atoms with E-state index in [2.05, 4.69) is 44.7 Å². The van der Waals surface area contributed by atoms with Crippen molar-refractivity contribution in [2.24, 2.45) is 5.41 Å². The topological polar surface area (TPSA) is 6.48 Å². The molecule has 1 rings (SSSR count). The quantitative estimate of drug-likeness (QED) is 0.616. The molecular weight excluding hydrogens is 148 g/mol. The molecule has 0 radical (unpaired) electrons. The zero-order valence-corrected chi connectivity index (χ0v) is 9.09. The largest absolute Gasteiger partial charge is 0.304 e. The molecule has 1 aliphatic heterocycles. The van der Waals surface area contributed by atoms with Crippen molar-refractivity contribution in [2.45, 2.75) is 26.8 Å². The van der Waals surface area contributed by atoms with E-state index in [1.54, 1.807) is 0 Å². The van der Waals surface area contributed by atoms with Gasteiger partial charge in [0.25, 0.3) is 0 Å². The summed E-state index contributed by atoms with van der Waals surface area (Å²) in [7, 11) is 4.33. The van der Waals surface area contributed by atoms with Gasteiger partial charge in [-0.05, 0) is 19.5 Å². The summed E-state index contributed by atoms with van der Waals surface area (Å²) in [6, 6.07) is 0.798. The van der Waals surface area contributed by atoms with E-state index in [4.69, 9.17) is 0 Å². The number of rotatable bonds is 2. The van der Waals surface area contributed by atoms with E-state index < -0.39 is 0 Å². The van der Waals surface area contributed by atoms with Crippen LogP contribution in [0.5, 0.6) is 0 Å². The molecule has 2 heteroatoms. The minimum Gasteiger partial charge on any atom is -0.304 e. The second-order valence-electron chi connectivity index (χ2n) is 5.37. The third kappa shape index (κ3) is 2.76. The lowest BCUT2D eigenvalue weighted by Gasteiger charge is -2.45. The Morgan fingerprint density at radius 3 is 2.08 bits per heavy atom. The lowest BCUT2D eigenvalue weighted by Crippen LogP contribution is -2.58. The number of hydrogen-bond acceptors (Lipinski definition) is 2. The van der Waals surface area contributed by atoms with Crippen LogP contribution in [-0.4, -0.2) is 49.6 Å². The van der Waals surface area contributed by atoms with Crippen LogP contribution in [0.2, 0.25) is 0 Å². The van der Waals surface area contributed by atoms with Crippen molar-refractivity contribution in [3.63, 3.8) is 0 Å². The van der Waals surface area contributed by atoms with Crippen LogP contribution in [0.25, 0.3) is 0 Å². The van der Waals surface area contributed by atoms with Gasteiger partial charge in [0.15, 0.2) is 0 Å². The second kappa shape index (κ2) is 3.35. The van der Waals surface area contributed by atoms with Gasteiger partial charge in [-0.2, -0.15) is 0 Å². The van der Waals surface area contributed by atoms with Crippen LogP contribution in [0, 0.1) is 5.41 Å². The fourth-order valence-corrected chi connectivity index (χ4v) is 1.67. The van der Waals surface area contributed by atoms with Gasteiger partial charge in [0.05, 0.1) is 0 Å². The van der Waals surface area contributed by atoms with Gasteiger partial charge in [-0.3, -0.25) is 4.90 Å². The minimum absolute atomic E-state index is 0.456. The molecule has 1 aliphatic rings. The molecule has 0 atom stereocenters. The van der Waals surface area contributed by atoms with Gasteiger partial charge in [0.2, 0.25) is 0 Å². The summed E-state index contributed by atoms with van der Waals surface area (Å²) < 4.78 is 0. The Bertz CT molecular complexity index is 140. The standard InChI is InChI=1S/C10H22N2/c1-10(2,3)8-12-6-9(7-12)11(4)5/h9H,6-8H2,1-5H3. The summed E-state index contributed by atoms with van der Waals surface area (Å²) in [5, 5.41) is 0. The fraction of sp³-hybridized carbons (Fsp3) is 1.00. The van der Waals surface area contributed by atoms with Crippen LogP contribution < -0.4 is 0 Å². The van der Waals surface area contributed by atoms with Crippen molar-refractivity contribution >= 4 is 0 Å². The van der Waals surface area contributed by atoms with Crippen LogP contribution >= 0.6 is 0 Å². The molecule has 72 valence electrons. The predicted molar refractivity (Wildman–Crippen MR) is 53.4 cm³/mol. The Kier molecular flexibility index (Phi) is 2.79. The highest BCUT2D eigenvalue weighted by molar-refractivity contribution is 4.87. The molecular formula is C10H22N2. The lowest BCUT2D eigenvalue weighted by atomic mass is 9.93. The van der Waals surface area contributed by atoms with Crippen molar-refractivity contribution in [1.29, 1.82) is 0 Å². The Morgan fingerprint density at radius 1 is 1.25 bits per heavy atom. The summed E-state index contributed by atoms with van der Waals surface area (Å²) in [5.41, 5.74) is 0.456. The molecule has 0 aliphatic carbocycles. The fourth-order valence-electron chi connectivity index (χ4n) is 1.67. The minimum atomic E-state index is 0.456. The molecule has 1 fully saturated rings. The zero-order valence-electron chi connectivity index (χ0n) is 9.09. The lowest BCUT2D eigenvalue weighted by molar-refractivity contribution is 0.0379. The average molecular weight is 170 g/mol. The molecule has 1 heterocycles.